The number of carbonyl (C=O) groups excluding carboxylic acids is 1. The van der Waals surface area contributed by atoms with Crippen LogP contribution in [0.3, 0.4) is 0 Å². The van der Waals surface area contributed by atoms with Crippen LogP contribution in [-0.2, 0) is 4.79 Å². The summed E-state index contributed by atoms with van der Waals surface area (Å²) >= 11 is 0. The van der Waals surface area contributed by atoms with E-state index in [0.29, 0.717) is 19.6 Å². The van der Waals surface area contributed by atoms with Gasteiger partial charge in [0.2, 0.25) is 5.91 Å². The van der Waals surface area contributed by atoms with Gasteiger partial charge in [-0.1, -0.05) is 0 Å². The molecule has 1 N–H and O–H groups in total. The Bertz CT molecular complexity index is 339. The Kier molecular flexibility index (Phi) is 7.08. The fourth-order valence-corrected chi connectivity index (χ4v) is 3.28. The normalized spacial score (nSPS) is 23.0. The monoisotopic (exact) mass is 312 g/mol. The highest BCUT2D eigenvalue weighted by molar-refractivity contribution is 5.78. The number of amides is 1. The average molecular weight is 312 g/mol. The SMILES string of the molecule is CN1CCN(CC(O)CN(C)CC(=O)N2CCCCC2)CC1. The molecule has 2 rings (SSSR count). The summed E-state index contributed by atoms with van der Waals surface area (Å²) in [7, 11) is 4.06. The van der Waals surface area contributed by atoms with Gasteiger partial charge in [0.05, 0.1) is 12.6 Å². The van der Waals surface area contributed by atoms with Gasteiger partial charge in [-0.15, -0.1) is 0 Å². The number of piperazine rings is 1. The molecule has 6 heteroatoms. The maximum Gasteiger partial charge on any atom is 0.236 e. The summed E-state index contributed by atoms with van der Waals surface area (Å²) in [5.74, 6) is 0.203. The first-order chi connectivity index (χ1) is 10.5. The summed E-state index contributed by atoms with van der Waals surface area (Å²) < 4.78 is 0. The maximum absolute atomic E-state index is 12.2. The molecule has 1 atom stereocenters. The van der Waals surface area contributed by atoms with Crippen LogP contribution in [0.15, 0.2) is 0 Å². The van der Waals surface area contributed by atoms with E-state index in [-0.39, 0.29) is 12.0 Å². The standard InChI is InChI=1S/C16H32N4O2/c1-17-8-10-19(11-9-17)13-15(21)12-18(2)14-16(22)20-6-4-3-5-7-20/h15,21H,3-14H2,1-2H3. The largest absolute Gasteiger partial charge is 0.390 e. The van der Waals surface area contributed by atoms with Crippen LogP contribution in [0.5, 0.6) is 0 Å². The van der Waals surface area contributed by atoms with Crippen molar-refractivity contribution < 1.29 is 9.90 Å². The second-order valence-corrected chi connectivity index (χ2v) is 6.90. The predicted octanol–water partition coefficient (Wildman–Crippen LogP) is -0.461. The second-order valence-electron chi connectivity index (χ2n) is 6.90. The molecule has 22 heavy (non-hydrogen) atoms. The zero-order chi connectivity index (χ0) is 15.9. The van der Waals surface area contributed by atoms with E-state index in [1.54, 1.807) is 0 Å². The van der Waals surface area contributed by atoms with E-state index in [2.05, 4.69) is 16.8 Å². The molecule has 128 valence electrons. The third-order valence-electron chi connectivity index (χ3n) is 4.70. The third kappa shape index (κ3) is 5.83. The molecule has 2 heterocycles. The maximum atomic E-state index is 12.2. The molecule has 1 unspecified atom stereocenters. The van der Waals surface area contributed by atoms with Crippen LogP contribution < -0.4 is 0 Å². The van der Waals surface area contributed by atoms with E-state index in [1.807, 2.05) is 16.8 Å². The van der Waals surface area contributed by atoms with Gasteiger partial charge in [-0.3, -0.25) is 14.6 Å². The van der Waals surface area contributed by atoms with E-state index in [4.69, 9.17) is 0 Å². The number of piperidine rings is 1. The fourth-order valence-electron chi connectivity index (χ4n) is 3.28. The van der Waals surface area contributed by atoms with Crippen LogP contribution in [-0.4, -0.2) is 110 Å². The third-order valence-corrected chi connectivity index (χ3v) is 4.70. The molecule has 1 amide bonds. The van der Waals surface area contributed by atoms with Gasteiger partial charge in [-0.2, -0.15) is 0 Å². The van der Waals surface area contributed by atoms with E-state index in [1.165, 1.54) is 6.42 Å². The lowest BCUT2D eigenvalue weighted by Crippen LogP contribution is -2.49. The number of likely N-dealkylation sites (N-methyl/N-ethyl adjacent to an activating group) is 2. The number of nitrogens with zero attached hydrogens (tertiary/aromatic N) is 4. The van der Waals surface area contributed by atoms with E-state index >= 15 is 0 Å². The van der Waals surface area contributed by atoms with E-state index in [0.717, 1.165) is 52.1 Å². The predicted molar refractivity (Wildman–Crippen MR) is 87.9 cm³/mol. The summed E-state index contributed by atoms with van der Waals surface area (Å²) in [6.45, 7) is 7.65. The lowest BCUT2D eigenvalue weighted by Gasteiger charge is -2.34. The Morgan fingerprint density at radius 2 is 1.73 bits per heavy atom. The summed E-state index contributed by atoms with van der Waals surface area (Å²) in [5.41, 5.74) is 0. The lowest BCUT2D eigenvalue weighted by molar-refractivity contribution is -0.133. The molecule has 0 radical (unpaired) electrons. The minimum absolute atomic E-state index is 0.203. The summed E-state index contributed by atoms with van der Waals surface area (Å²) in [5, 5.41) is 10.2. The lowest BCUT2D eigenvalue weighted by atomic mass is 10.1. The molecule has 0 aromatic carbocycles. The van der Waals surface area contributed by atoms with Crippen LogP contribution in [0.4, 0.5) is 0 Å². The first-order valence-electron chi connectivity index (χ1n) is 8.60. The van der Waals surface area contributed by atoms with Gasteiger partial charge in [0.15, 0.2) is 0 Å². The fraction of sp³-hybridized carbons (Fsp3) is 0.938. The number of rotatable bonds is 6. The quantitative estimate of drug-likeness (QED) is 0.719. The molecule has 0 saturated carbocycles. The molecular weight excluding hydrogens is 280 g/mol. The highest BCUT2D eigenvalue weighted by Crippen LogP contribution is 2.09. The van der Waals surface area contributed by atoms with Crippen LogP contribution >= 0.6 is 0 Å². The summed E-state index contributed by atoms with van der Waals surface area (Å²) in [4.78, 5) is 20.7. The molecule has 0 spiro atoms. The molecule has 0 aliphatic carbocycles. The van der Waals surface area contributed by atoms with Crippen molar-refractivity contribution in [2.45, 2.75) is 25.4 Å². The molecule has 0 aromatic rings. The Morgan fingerprint density at radius 3 is 2.36 bits per heavy atom. The van der Waals surface area contributed by atoms with E-state index < -0.39 is 0 Å². The van der Waals surface area contributed by atoms with Crippen molar-refractivity contribution in [3.05, 3.63) is 0 Å². The Morgan fingerprint density at radius 1 is 1.09 bits per heavy atom. The number of hydrogen-bond acceptors (Lipinski definition) is 5. The van der Waals surface area contributed by atoms with Crippen molar-refractivity contribution >= 4 is 5.91 Å². The highest BCUT2D eigenvalue weighted by atomic mass is 16.3. The second kappa shape index (κ2) is 8.82. The average Bonchev–Trinajstić information content (AvgIpc) is 2.50. The van der Waals surface area contributed by atoms with Crippen molar-refractivity contribution in [1.29, 1.82) is 0 Å². The molecule has 2 fully saturated rings. The number of likely N-dealkylation sites (tertiary alicyclic amines) is 1. The Labute approximate surface area is 134 Å². The van der Waals surface area contributed by atoms with Gasteiger partial charge < -0.3 is 14.9 Å². The van der Waals surface area contributed by atoms with Crippen LogP contribution in [0.25, 0.3) is 0 Å². The Balaban J connectivity index is 1.65. The number of carbonyl (C=O) groups is 1. The number of aliphatic hydroxyl groups excluding tert-OH is 1. The smallest absolute Gasteiger partial charge is 0.236 e. The highest BCUT2D eigenvalue weighted by Gasteiger charge is 2.21. The molecular formula is C16H32N4O2. The van der Waals surface area contributed by atoms with Crippen LogP contribution in [0.1, 0.15) is 19.3 Å². The van der Waals surface area contributed by atoms with Crippen molar-refractivity contribution in [2.24, 2.45) is 0 Å². The van der Waals surface area contributed by atoms with Gasteiger partial charge >= 0.3 is 0 Å². The van der Waals surface area contributed by atoms with Gasteiger partial charge in [-0.05, 0) is 33.4 Å². The summed E-state index contributed by atoms with van der Waals surface area (Å²) in [6, 6.07) is 0. The van der Waals surface area contributed by atoms with Gasteiger partial charge in [-0.25, -0.2) is 0 Å². The van der Waals surface area contributed by atoms with Crippen LogP contribution in [0, 0.1) is 0 Å². The topological polar surface area (TPSA) is 50.3 Å². The molecule has 6 nitrogen and oxygen atoms in total. The Hall–Kier alpha value is -0.690. The molecule has 0 aromatic heterocycles. The van der Waals surface area contributed by atoms with Crippen molar-refractivity contribution in [3.63, 3.8) is 0 Å². The zero-order valence-corrected chi connectivity index (χ0v) is 14.2. The zero-order valence-electron chi connectivity index (χ0n) is 14.2. The van der Waals surface area contributed by atoms with Crippen LogP contribution in [0.2, 0.25) is 0 Å². The number of β-amino-alcohol motifs (C(OH)–C–C–N with tert-alkyl or cyclic N) is 1. The van der Waals surface area contributed by atoms with Crippen molar-refractivity contribution in [1.82, 2.24) is 19.6 Å². The van der Waals surface area contributed by atoms with Gasteiger partial charge in [0.25, 0.3) is 0 Å². The number of hydrogen-bond donors (Lipinski definition) is 1. The summed E-state index contributed by atoms with van der Waals surface area (Å²) in [6.07, 6.45) is 3.11. The van der Waals surface area contributed by atoms with E-state index in [9.17, 15) is 9.90 Å². The molecule has 0 bridgehead atoms. The first-order valence-corrected chi connectivity index (χ1v) is 8.60. The minimum Gasteiger partial charge on any atom is -0.390 e. The van der Waals surface area contributed by atoms with Crippen molar-refractivity contribution in [3.8, 4) is 0 Å². The minimum atomic E-state index is -0.387. The van der Waals surface area contributed by atoms with Gasteiger partial charge in [0, 0.05) is 52.4 Å². The molecule has 2 aliphatic heterocycles. The van der Waals surface area contributed by atoms with Gasteiger partial charge in [0.1, 0.15) is 0 Å². The molecule has 2 aliphatic rings. The molecule has 2 saturated heterocycles. The number of aliphatic hydroxyl groups is 1. The van der Waals surface area contributed by atoms with Crippen molar-refractivity contribution in [2.75, 3.05) is 73.0 Å². The first kappa shape index (κ1) is 17.7.